The molecule has 0 fully saturated rings. The number of nitrogens with one attached hydrogen (secondary N) is 1. The number of sulfone groups is 1. The molecule has 2 unspecified atom stereocenters. The zero-order valence-corrected chi connectivity index (χ0v) is 10.2. The summed E-state index contributed by atoms with van der Waals surface area (Å²) in [5, 5.41) is 3.22. The van der Waals surface area contributed by atoms with E-state index in [-0.39, 0.29) is 17.8 Å². The van der Waals surface area contributed by atoms with E-state index in [9.17, 15) is 8.42 Å². The molecular formula is C9H21NO3S. The van der Waals surface area contributed by atoms with Gasteiger partial charge in [0.2, 0.25) is 0 Å². The van der Waals surface area contributed by atoms with Gasteiger partial charge in [0, 0.05) is 25.4 Å². The maximum Gasteiger partial charge on any atom is 0.148 e. The van der Waals surface area contributed by atoms with Crippen LogP contribution < -0.4 is 5.32 Å². The third kappa shape index (κ3) is 7.29. The van der Waals surface area contributed by atoms with Gasteiger partial charge in [-0.05, 0) is 13.3 Å². The molecule has 0 heterocycles. The Balaban J connectivity index is 3.96. The Morgan fingerprint density at radius 2 is 2.00 bits per heavy atom. The number of ether oxygens (including phenoxy) is 1. The zero-order chi connectivity index (χ0) is 11.2. The van der Waals surface area contributed by atoms with Crippen molar-refractivity contribution < 1.29 is 13.2 Å². The molecule has 0 aromatic heterocycles. The lowest BCUT2D eigenvalue weighted by atomic mass is 10.2. The van der Waals surface area contributed by atoms with Crippen LogP contribution in [0.25, 0.3) is 0 Å². The van der Waals surface area contributed by atoms with Crippen LogP contribution in [0.2, 0.25) is 0 Å². The highest BCUT2D eigenvalue weighted by atomic mass is 32.2. The Kier molecular flexibility index (Phi) is 6.31. The zero-order valence-electron chi connectivity index (χ0n) is 9.41. The maximum atomic E-state index is 11.0. The predicted molar refractivity (Wildman–Crippen MR) is 58.3 cm³/mol. The van der Waals surface area contributed by atoms with Crippen LogP contribution >= 0.6 is 0 Å². The second-order valence-electron chi connectivity index (χ2n) is 3.72. The van der Waals surface area contributed by atoms with Gasteiger partial charge in [-0.25, -0.2) is 8.42 Å². The fourth-order valence-electron chi connectivity index (χ4n) is 1.39. The molecule has 14 heavy (non-hydrogen) atoms. The Morgan fingerprint density at radius 3 is 2.36 bits per heavy atom. The van der Waals surface area contributed by atoms with Crippen molar-refractivity contribution >= 4 is 9.84 Å². The van der Waals surface area contributed by atoms with Crippen molar-refractivity contribution in [3.63, 3.8) is 0 Å². The molecule has 0 bridgehead atoms. The largest absolute Gasteiger partial charge is 0.383 e. The molecule has 2 atom stereocenters. The van der Waals surface area contributed by atoms with Crippen LogP contribution in [0.5, 0.6) is 0 Å². The van der Waals surface area contributed by atoms with Crippen molar-refractivity contribution in [2.45, 2.75) is 32.4 Å². The van der Waals surface area contributed by atoms with E-state index in [4.69, 9.17) is 4.74 Å². The lowest BCUT2D eigenvalue weighted by molar-refractivity contribution is 0.160. The summed E-state index contributed by atoms with van der Waals surface area (Å²) in [4.78, 5) is 0. The Bertz CT molecular complexity index is 238. The van der Waals surface area contributed by atoms with Gasteiger partial charge in [0.25, 0.3) is 0 Å². The van der Waals surface area contributed by atoms with Gasteiger partial charge in [0.05, 0.1) is 12.4 Å². The van der Waals surface area contributed by atoms with Gasteiger partial charge in [-0.2, -0.15) is 0 Å². The van der Waals surface area contributed by atoms with E-state index in [1.165, 1.54) is 6.26 Å². The van der Waals surface area contributed by atoms with E-state index < -0.39 is 9.84 Å². The fourth-order valence-corrected chi connectivity index (χ4v) is 2.39. The molecule has 0 spiro atoms. The van der Waals surface area contributed by atoms with Crippen molar-refractivity contribution in [2.75, 3.05) is 25.7 Å². The molecule has 4 nitrogen and oxygen atoms in total. The third-order valence-electron chi connectivity index (χ3n) is 1.93. The molecule has 0 aliphatic heterocycles. The molecule has 0 aliphatic carbocycles. The topological polar surface area (TPSA) is 55.4 Å². The number of hydrogen-bond acceptors (Lipinski definition) is 4. The quantitative estimate of drug-likeness (QED) is 0.680. The predicted octanol–water partition coefficient (Wildman–Crippen LogP) is 0.434. The highest BCUT2D eigenvalue weighted by molar-refractivity contribution is 7.90. The smallest absolute Gasteiger partial charge is 0.148 e. The normalized spacial score (nSPS) is 16.6. The van der Waals surface area contributed by atoms with Crippen molar-refractivity contribution in [1.29, 1.82) is 0 Å². The fraction of sp³-hybridized carbons (Fsp3) is 1.00. The van der Waals surface area contributed by atoms with E-state index in [2.05, 4.69) is 5.32 Å². The van der Waals surface area contributed by atoms with Crippen molar-refractivity contribution in [1.82, 2.24) is 5.32 Å². The van der Waals surface area contributed by atoms with Gasteiger partial charge in [0.1, 0.15) is 9.84 Å². The molecule has 0 aromatic carbocycles. The van der Waals surface area contributed by atoms with E-state index in [0.717, 1.165) is 6.42 Å². The molecule has 0 rings (SSSR count). The van der Waals surface area contributed by atoms with E-state index in [1.807, 2.05) is 13.8 Å². The van der Waals surface area contributed by atoms with Gasteiger partial charge < -0.3 is 10.1 Å². The summed E-state index contributed by atoms with van der Waals surface area (Å²) in [6, 6.07) is 0.210. The first-order valence-electron chi connectivity index (χ1n) is 4.81. The lowest BCUT2D eigenvalue weighted by Crippen LogP contribution is -2.42. The minimum Gasteiger partial charge on any atom is -0.383 e. The first kappa shape index (κ1) is 13.9. The van der Waals surface area contributed by atoms with Crippen LogP contribution in [0.3, 0.4) is 0 Å². The van der Waals surface area contributed by atoms with Gasteiger partial charge in [-0.15, -0.1) is 0 Å². The van der Waals surface area contributed by atoms with Gasteiger partial charge >= 0.3 is 0 Å². The molecule has 5 heteroatoms. The second-order valence-corrected chi connectivity index (χ2v) is 5.91. The van der Waals surface area contributed by atoms with Crippen molar-refractivity contribution in [3.05, 3.63) is 0 Å². The molecule has 0 aromatic rings. The Morgan fingerprint density at radius 1 is 1.43 bits per heavy atom. The molecule has 86 valence electrons. The van der Waals surface area contributed by atoms with Crippen LogP contribution in [0, 0.1) is 0 Å². The number of methoxy groups -OCH3 is 1. The molecule has 1 N–H and O–H groups in total. The molecule has 0 radical (unpaired) electrons. The van der Waals surface area contributed by atoms with Crippen molar-refractivity contribution in [2.24, 2.45) is 0 Å². The van der Waals surface area contributed by atoms with Gasteiger partial charge in [-0.3, -0.25) is 0 Å². The highest BCUT2D eigenvalue weighted by Gasteiger charge is 2.14. The monoisotopic (exact) mass is 223 g/mol. The molecular weight excluding hydrogens is 202 g/mol. The summed E-state index contributed by atoms with van der Waals surface area (Å²) in [6.45, 7) is 4.54. The van der Waals surface area contributed by atoms with E-state index >= 15 is 0 Å². The summed E-state index contributed by atoms with van der Waals surface area (Å²) in [5.41, 5.74) is 0. The highest BCUT2D eigenvalue weighted by Crippen LogP contribution is 1.97. The molecule has 0 saturated carbocycles. The van der Waals surface area contributed by atoms with E-state index in [1.54, 1.807) is 7.11 Å². The summed E-state index contributed by atoms with van der Waals surface area (Å²) in [5.74, 6) is 0.174. The SMILES string of the molecule is CCC(COC)NC(C)CS(C)(=O)=O. The number of hydrogen-bond donors (Lipinski definition) is 1. The Labute approximate surface area is 86.9 Å². The van der Waals surface area contributed by atoms with Crippen LogP contribution in [-0.2, 0) is 14.6 Å². The molecule has 0 saturated heterocycles. The minimum absolute atomic E-state index is 0.0231. The minimum atomic E-state index is -2.90. The average molecular weight is 223 g/mol. The van der Waals surface area contributed by atoms with Crippen LogP contribution in [0.4, 0.5) is 0 Å². The average Bonchev–Trinajstić information content (AvgIpc) is 2.00. The van der Waals surface area contributed by atoms with Crippen LogP contribution in [-0.4, -0.2) is 46.2 Å². The van der Waals surface area contributed by atoms with Gasteiger partial charge in [0.15, 0.2) is 0 Å². The second kappa shape index (κ2) is 6.37. The third-order valence-corrected chi connectivity index (χ3v) is 3.04. The van der Waals surface area contributed by atoms with E-state index in [0.29, 0.717) is 6.61 Å². The standard InChI is InChI=1S/C9H21NO3S/c1-5-9(6-13-3)10-8(2)7-14(4,11)12/h8-10H,5-7H2,1-4H3. The summed E-state index contributed by atoms with van der Waals surface area (Å²) >= 11 is 0. The molecule has 0 amide bonds. The summed E-state index contributed by atoms with van der Waals surface area (Å²) in [7, 11) is -1.25. The first-order chi connectivity index (χ1) is 6.39. The molecule has 0 aliphatic rings. The first-order valence-corrected chi connectivity index (χ1v) is 6.87. The van der Waals surface area contributed by atoms with Crippen LogP contribution in [0.1, 0.15) is 20.3 Å². The Hall–Kier alpha value is -0.130. The van der Waals surface area contributed by atoms with Crippen LogP contribution in [0.15, 0.2) is 0 Å². The maximum absolute atomic E-state index is 11.0. The summed E-state index contributed by atoms with van der Waals surface area (Å²) < 4.78 is 27.0. The lowest BCUT2D eigenvalue weighted by Gasteiger charge is -2.20. The number of rotatable bonds is 7. The van der Waals surface area contributed by atoms with Crippen molar-refractivity contribution in [3.8, 4) is 0 Å². The summed E-state index contributed by atoms with van der Waals surface area (Å²) in [6.07, 6.45) is 2.18. The van der Waals surface area contributed by atoms with Gasteiger partial charge in [-0.1, -0.05) is 6.92 Å².